The first-order valence-corrected chi connectivity index (χ1v) is 5.34. The SMILES string of the molecule is COC(=O)[C@@H](C)Nc1ccc(C)c(OC(F)F)c1. The number of nitrogens with one attached hydrogen (secondary N) is 1. The van der Waals surface area contributed by atoms with Gasteiger partial charge in [0.25, 0.3) is 0 Å². The summed E-state index contributed by atoms with van der Waals surface area (Å²) in [6.45, 7) is 0.391. The summed E-state index contributed by atoms with van der Waals surface area (Å²) in [6, 6.07) is 4.15. The van der Waals surface area contributed by atoms with Crippen LogP contribution in [0.2, 0.25) is 0 Å². The molecule has 0 saturated carbocycles. The van der Waals surface area contributed by atoms with E-state index in [4.69, 9.17) is 0 Å². The van der Waals surface area contributed by atoms with Crippen LogP contribution in [0.15, 0.2) is 18.2 Å². The summed E-state index contributed by atoms with van der Waals surface area (Å²) in [5.74, 6) is -0.362. The highest BCUT2D eigenvalue weighted by molar-refractivity contribution is 5.78. The lowest BCUT2D eigenvalue weighted by Crippen LogP contribution is -2.27. The molecule has 0 spiro atoms. The number of benzene rings is 1. The van der Waals surface area contributed by atoms with Gasteiger partial charge in [-0.15, -0.1) is 0 Å². The predicted octanol–water partition coefficient (Wildman–Crippen LogP) is 2.57. The van der Waals surface area contributed by atoms with E-state index < -0.39 is 18.6 Å². The molecule has 1 atom stereocenters. The zero-order valence-electron chi connectivity index (χ0n) is 10.4. The monoisotopic (exact) mass is 259 g/mol. The standard InChI is InChI=1S/C12H15F2NO3/c1-7-4-5-9(6-10(7)18-12(13)14)15-8(2)11(16)17-3/h4-6,8,12,15H,1-3H3/t8-/m1/s1. The first-order valence-electron chi connectivity index (χ1n) is 5.34. The van der Waals surface area contributed by atoms with Crippen LogP contribution in [0.1, 0.15) is 12.5 Å². The quantitative estimate of drug-likeness (QED) is 0.825. The fourth-order valence-electron chi connectivity index (χ4n) is 1.40. The van der Waals surface area contributed by atoms with Crippen LogP contribution in [0.4, 0.5) is 14.5 Å². The molecular formula is C12H15F2NO3. The molecule has 0 aliphatic rings. The Bertz CT molecular complexity index is 424. The van der Waals surface area contributed by atoms with Crippen molar-refractivity contribution in [3.63, 3.8) is 0 Å². The number of aryl methyl sites for hydroxylation is 1. The maximum Gasteiger partial charge on any atom is 0.387 e. The van der Waals surface area contributed by atoms with E-state index in [1.54, 1.807) is 26.0 Å². The van der Waals surface area contributed by atoms with Crippen LogP contribution in [-0.4, -0.2) is 25.7 Å². The molecule has 0 heterocycles. The van der Waals surface area contributed by atoms with E-state index >= 15 is 0 Å². The average Bonchev–Trinajstić information content (AvgIpc) is 2.31. The van der Waals surface area contributed by atoms with Gasteiger partial charge in [0.1, 0.15) is 11.8 Å². The Morgan fingerprint density at radius 3 is 2.61 bits per heavy atom. The molecule has 0 unspecified atom stereocenters. The van der Waals surface area contributed by atoms with Crippen LogP contribution in [0, 0.1) is 6.92 Å². The van der Waals surface area contributed by atoms with Gasteiger partial charge in [-0.2, -0.15) is 8.78 Å². The van der Waals surface area contributed by atoms with Crippen LogP contribution < -0.4 is 10.1 Å². The van der Waals surface area contributed by atoms with Gasteiger partial charge in [0.05, 0.1) is 7.11 Å². The molecule has 0 amide bonds. The van der Waals surface area contributed by atoms with E-state index in [-0.39, 0.29) is 5.75 Å². The van der Waals surface area contributed by atoms with Gasteiger partial charge >= 0.3 is 12.6 Å². The number of hydrogen-bond acceptors (Lipinski definition) is 4. The van der Waals surface area contributed by atoms with Crippen molar-refractivity contribution >= 4 is 11.7 Å². The van der Waals surface area contributed by atoms with Crippen LogP contribution in [0.25, 0.3) is 0 Å². The van der Waals surface area contributed by atoms with Gasteiger partial charge in [-0.25, -0.2) is 4.79 Å². The molecule has 0 radical (unpaired) electrons. The Morgan fingerprint density at radius 1 is 1.39 bits per heavy atom. The van der Waals surface area contributed by atoms with Gasteiger partial charge < -0.3 is 14.8 Å². The van der Waals surface area contributed by atoms with Crippen LogP contribution in [0.5, 0.6) is 5.75 Å². The maximum atomic E-state index is 12.2. The van der Waals surface area contributed by atoms with Crippen molar-refractivity contribution in [3.05, 3.63) is 23.8 Å². The predicted molar refractivity (Wildman–Crippen MR) is 62.9 cm³/mol. The van der Waals surface area contributed by atoms with E-state index in [0.29, 0.717) is 11.3 Å². The second-order valence-electron chi connectivity index (χ2n) is 3.75. The van der Waals surface area contributed by atoms with Gasteiger partial charge in [-0.1, -0.05) is 6.07 Å². The van der Waals surface area contributed by atoms with Crippen LogP contribution in [0.3, 0.4) is 0 Å². The Hall–Kier alpha value is -1.85. The topological polar surface area (TPSA) is 47.6 Å². The number of rotatable bonds is 5. The number of anilines is 1. The largest absolute Gasteiger partial charge is 0.467 e. The zero-order valence-corrected chi connectivity index (χ0v) is 10.4. The zero-order chi connectivity index (χ0) is 13.7. The number of carbonyl (C=O) groups excluding carboxylic acids is 1. The number of halogens is 2. The first-order chi connectivity index (χ1) is 8.43. The highest BCUT2D eigenvalue weighted by Crippen LogP contribution is 2.24. The fraction of sp³-hybridized carbons (Fsp3) is 0.417. The summed E-state index contributed by atoms with van der Waals surface area (Å²) in [7, 11) is 1.28. The van der Waals surface area contributed by atoms with E-state index in [2.05, 4.69) is 14.8 Å². The minimum Gasteiger partial charge on any atom is -0.467 e. The normalized spacial score (nSPS) is 12.1. The molecule has 0 aliphatic carbocycles. The average molecular weight is 259 g/mol. The summed E-state index contributed by atoms with van der Waals surface area (Å²) in [6.07, 6.45) is 0. The number of carbonyl (C=O) groups is 1. The van der Waals surface area contributed by atoms with Crippen molar-refractivity contribution in [2.45, 2.75) is 26.5 Å². The molecule has 0 bridgehead atoms. The van der Waals surface area contributed by atoms with Gasteiger partial charge in [0.2, 0.25) is 0 Å². The molecular weight excluding hydrogens is 244 g/mol. The number of esters is 1. The van der Waals surface area contributed by atoms with E-state index in [0.717, 1.165) is 0 Å². The first kappa shape index (κ1) is 14.2. The molecule has 1 aromatic carbocycles. The van der Waals surface area contributed by atoms with Crippen molar-refractivity contribution in [2.24, 2.45) is 0 Å². The van der Waals surface area contributed by atoms with Crippen LogP contribution >= 0.6 is 0 Å². The summed E-state index contributed by atoms with van der Waals surface area (Å²) in [4.78, 5) is 11.2. The Morgan fingerprint density at radius 2 is 2.06 bits per heavy atom. The lowest BCUT2D eigenvalue weighted by atomic mass is 10.2. The van der Waals surface area contributed by atoms with Crippen molar-refractivity contribution in [2.75, 3.05) is 12.4 Å². The molecule has 1 aromatic rings. The molecule has 1 N–H and O–H groups in total. The van der Waals surface area contributed by atoms with Crippen molar-refractivity contribution in [3.8, 4) is 5.75 Å². The Kier molecular flexibility index (Phi) is 4.88. The molecule has 18 heavy (non-hydrogen) atoms. The molecule has 0 aliphatic heterocycles. The molecule has 0 fully saturated rings. The van der Waals surface area contributed by atoms with E-state index in [9.17, 15) is 13.6 Å². The van der Waals surface area contributed by atoms with Gasteiger partial charge in [-0.05, 0) is 25.5 Å². The van der Waals surface area contributed by atoms with Gasteiger partial charge in [0.15, 0.2) is 0 Å². The minimum atomic E-state index is -2.88. The van der Waals surface area contributed by atoms with Crippen LogP contribution in [-0.2, 0) is 9.53 Å². The molecule has 0 saturated heterocycles. The third-order valence-corrected chi connectivity index (χ3v) is 2.34. The molecule has 4 nitrogen and oxygen atoms in total. The van der Waals surface area contributed by atoms with Crippen molar-refractivity contribution < 1.29 is 23.0 Å². The number of hydrogen-bond donors (Lipinski definition) is 1. The van der Waals surface area contributed by atoms with E-state index in [1.807, 2.05) is 0 Å². The van der Waals surface area contributed by atoms with Gasteiger partial charge in [0, 0.05) is 11.8 Å². The second kappa shape index (κ2) is 6.18. The van der Waals surface area contributed by atoms with Crippen molar-refractivity contribution in [1.29, 1.82) is 0 Å². The summed E-state index contributed by atoms with van der Waals surface area (Å²) in [5, 5.41) is 2.83. The molecule has 6 heteroatoms. The molecule has 100 valence electrons. The summed E-state index contributed by atoms with van der Waals surface area (Å²) in [5.41, 5.74) is 1.10. The minimum absolute atomic E-state index is 0.0760. The third kappa shape index (κ3) is 3.87. The number of methoxy groups -OCH3 is 1. The second-order valence-corrected chi connectivity index (χ2v) is 3.75. The highest BCUT2D eigenvalue weighted by Gasteiger charge is 2.14. The van der Waals surface area contributed by atoms with Crippen molar-refractivity contribution in [1.82, 2.24) is 0 Å². The number of alkyl halides is 2. The fourth-order valence-corrected chi connectivity index (χ4v) is 1.40. The molecule has 1 rings (SSSR count). The Labute approximate surface area is 104 Å². The summed E-state index contributed by atoms with van der Waals surface area (Å²) < 4.78 is 33.2. The Balaban J connectivity index is 2.81. The molecule has 0 aromatic heterocycles. The lowest BCUT2D eigenvalue weighted by molar-refractivity contribution is -0.141. The highest BCUT2D eigenvalue weighted by atomic mass is 19.3. The third-order valence-electron chi connectivity index (χ3n) is 2.34. The van der Waals surface area contributed by atoms with Gasteiger partial charge in [-0.3, -0.25) is 0 Å². The lowest BCUT2D eigenvalue weighted by Gasteiger charge is -2.15. The maximum absolute atomic E-state index is 12.2. The number of ether oxygens (including phenoxy) is 2. The van der Waals surface area contributed by atoms with E-state index in [1.165, 1.54) is 13.2 Å². The smallest absolute Gasteiger partial charge is 0.387 e. The summed E-state index contributed by atoms with van der Waals surface area (Å²) >= 11 is 0.